The summed E-state index contributed by atoms with van der Waals surface area (Å²) in [5.41, 5.74) is 2.93. The third-order valence-electron chi connectivity index (χ3n) is 4.46. The molecule has 0 bridgehead atoms. The van der Waals surface area contributed by atoms with Crippen molar-refractivity contribution in [2.75, 3.05) is 19.3 Å². The van der Waals surface area contributed by atoms with Crippen LogP contribution in [0.1, 0.15) is 64.7 Å². The number of nitrogens with zero attached hydrogens (tertiary/aromatic N) is 1. The van der Waals surface area contributed by atoms with E-state index in [1.165, 1.54) is 38.4 Å². The monoisotopic (exact) mass is 319 g/mol. The molecule has 0 aromatic heterocycles. The largest absolute Gasteiger partial charge is 0.271 e. The second-order valence-corrected chi connectivity index (χ2v) is 8.41. The van der Waals surface area contributed by atoms with Gasteiger partial charge in [-0.1, -0.05) is 39.0 Å². The molecule has 1 heterocycles. The standard InChI is InChI=1S/C15H33N3O2S/c1-3-4-5-6-7-10-15(17-16)12-14-9-8-11-18(13-14)21(2,19)20/h14-15,17H,3-13,16H2,1-2H3. The normalized spacial score (nSPS) is 22.3. The van der Waals surface area contributed by atoms with Crippen molar-refractivity contribution < 1.29 is 8.42 Å². The van der Waals surface area contributed by atoms with Crippen LogP contribution in [0, 0.1) is 5.92 Å². The van der Waals surface area contributed by atoms with Gasteiger partial charge in [0.15, 0.2) is 0 Å². The van der Waals surface area contributed by atoms with Crippen LogP contribution in [0.4, 0.5) is 0 Å². The van der Waals surface area contributed by atoms with Crippen LogP contribution in [0.2, 0.25) is 0 Å². The smallest absolute Gasteiger partial charge is 0.211 e. The van der Waals surface area contributed by atoms with Crippen molar-refractivity contribution in [3.05, 3.63) is 0 Å². The molecule has 1 saturated heterocycles. The van der Waals surface area contributed by atoms with Crippen molar-refractivity contribution in [3.63, 3.8) is 0 Å². The van der Waals surface area contributed by atoms with E-state index >= 15 is 0 Å². The highest BCUT2D eigenvalue weighted by atomic mass is 32.2. The molecule has 1 rings (SSSR count). The van der Waals surface area contributed by atoms with Crippen molar-refractivity contribution in [1.29, 1.82) is 0 Å². The van der Waals surface area contributed by atoms with Crippen LogP contribution in [-0.4, -0.2) is 38.1 Å². The van der Waals surface area contributed by atoms with Crippen LogP contribution in [-0.2, 0) is 10.0 Å². The van der Waals surface area contributed by atoms with E-state index in [-0.39, 0.29) is 0 Å². The quantitative estimate of drug-likeness (QED) is 0.368. The fraction of sp³-hybridized carbons (Fsp3) is 1.00. The van der Waals surface area contributed by atoms with Crippen LogP contribution in [0.3, 0.4) is 0 Å². The SMILES string of the molecule is CCCCCCCC(CC1CCCN(S(C)(=O)=O)C1)NN. The van der Waals surface area contributed by atoms with Crippen LogP contribution in [0.15, 0.2) is 0 Å². The van der Waals surface area contributed by atoms with Gasteiger partial charge in [-0.25, -0.2) is 12.7 Å². The topological polar surface area (TPSA) is 75.4 Å². The molecule has 1 fully saturated rings. The Hall–Kier alpha value is -0.170. The van der Waals surface area contributed by atoms with Gasteiger partial charge in [0.2, 0.25) is 10.0 Å². The summed E-state index contributed by atoms with van der Waals surface area (Å²) in [7, 11) is -3.05. The number of sulfonamides is 1. The average Bonchev–Trinajstić information content (AvgIpc) is 2.45. The fourth-order valence-corrected chi connectivity index (χ4v) is 4.13. The molecule has 2 atom stereocenters. The molecule has 3 N–H and O–H groups in total. The maximum atomic E-state index is 11.6. The van der Waals surface area contributed by atoms with Gasteiger partial charge in [-0.2, -0.15) is 0 Å². The van der Waals surface area contributed by atoms with Crippen molar-refractivity contribution in [3.8, 4) is 0 Å². The lowest BCUT2D eigenvalue weighted by Crippen LogP contribution is -2.43. The number of hydrogen-bond acceptors (Lipinski definition) is 4. The molecule has 6 heteroatoms. The average molecular weight is 320 g/mol. The minimum absolute atomic E-state index is 0.316. The zero-order valence-electron chi connectivity index (χ0n) is 13.7. The van der Waals surface area contributed by atoms with Crippen molar-refractivity contribution >= 4 is 10.0 Å². The minimum Gasteiger partial charge on any atom is -0.271 e. The third kappa shape index (κ3) is 7.58. The highest BCUT2D eigenvalue weighted by Gasteiger charge is 2.27. The van der Waals surface area contributed by atoms with Crippen molar-refractivity contribution in [2.24, 2.45) is 11.8 Å². The highest BCUT2D eigenvalue weighted by molar-refractivity contribution is 7.88. The lowest BCUT2D eigenvalue weighted by Gasteiger charge is -2.32. The maximum Gasteiger partial charge on any atom is 0.211 e. The fourth-order valence-electron chi connectivity index (χ4n) is 3.19. The predicted octanol–water partition coefficient (Wildman–Crippen LogP) is 2.24. The molecule has 0 saturated carbocycles. The van der Waals surface area contributed by atoms with E-state index in [9.17, 15) is 8.42 Å². The molecule has 0 aliphatic carbocycles. The van der Waals surface area contributed by atoms with Crippen LogP contribution >= 0.6 is 0 Å². The van der Waals surface area contributed by atoms with Gasteiger partial charge >= 0.3 is 0 Å². The first-order valence-electron chi connectivity index (χ1n) is 8.38. The Bertz CT molecular complexity index is 373. The number of piperidine rings is 1. The Kier molecular flexibility index (Phi) is 8.78. The molecular weight excluding hydrogens is 286 g/mol. The van der Waals surface area contributed by atoms with E-state index in [0.29, 0.717) is 25.0 Å². The molecule has 1 aliphatic heterocycles. The molecule has 0 radical (unpaired) electrons. The minimum atomic E-state index is -3.05. The number of unbranched alkanes of at least 4 members (excludes halogenated alkanes) is 4. The Labute approximate surface area is 130 Å². The zero-order chi connectivity index (χ0) is 15.7. The Morgan fingerprint density at radius 2 is 2.00 bits per heavy atom. The van der Waals surface area contributed by atoms with Gasteiger partial charge in [-0.15, -0.1) is 0 Å². The van der Waals surface area contributed by atoms with E-state index in [0.717, 1.165) is 25.7 Å². The molecule has 0 aromatic carbocycles. The summed E-state index contributed by atoms with van der Waals surface area (Å²) in [5.74, 6) is 6.10. The lowest BCUT2D eigenvalue weighted by molar-refractivity contribution is 0.233. The summed E-state index contributed by atoms with van der Waals surface area (Å²) >= 11 is 0. The van der Waals surface area contributed by atoms with E-state index in [1.807, 2.05) is 0 Å². The predicted molar refractivity (Wildman–Crippen MR) is 88.2 cm³/mol. The molecule has 1 aliphatic rings. The first-order chi connectivity index (χ1) is 9.97. The third-order valence-corrected chi connectivity index (χ3v) is 5.73. The van der Waals surface area contributed by atoms with Gasteiger partial charge in [0.25, 0.3) is 0 Å². The Morgan fingerprint density at radius 1 is 1.29 bits per heavy atom. The van der Waals surface area contributed by atoms with Crippen LogP contribution < -0.4 is 11.3 Å². The van der Waals surface area contributed by atoms with Crippen molar-refractivity contribution in [2.45, 2.75) is 70.8 Å². The van der Waals surface area contributed by atoms with Gasteiger partial charge < -0.3 is 0 Å². The van der Waals surface area contributed by atoms with Gasteiger partial charge in [-0.05, 0) is 31.6 Å². The van der Waals surface area contributed by atoms with Gasteiger partial charge in [0.1, 0.15) is 0 Å². The highest BCUT2D eigenvalue weighted by Crippen LogP contribution is 2.24. The molecule has 0 spiro atoms. The summed E-state index contributed by atoms with van der Waals surface area (Å²) in [6.45, 7) is 3.56. The van der Waals surface area contributed by atoms with E-state index in [2.05, 4.69) is 12.3 Å². The van der Waals surface area contributed by atoms with Crippen LogP contribution in [0.5, 0.6) is 0 Å². The molecule has 21 heavy (non-hydrogen) atoms. The summed E-state index contributed by atoms with van der Waals surface area (Å²) in [5, 5.41) is 0. The van der Waals surface area contributed by atoms with Gasteiger partial charge in [-0.3, -0.25) is 11.3 Å². The number of hydrazine groups is 1. The van der Waals surface area contributed by atoms with Crippen molar-refractivity contribution in [1.82, 2.24) is 9.73 Å². The first-order valence-corrected chi connectivity index (χ1v) is 10.2. The number of hydrogen-bond donors (Lipinski definition) is 2. The Morgan fingerprint density at radius 3 is 2.62 bits per heavy atom. The van der Waals surface area contributed by atoms with Gasteiger partial charge in [0, 0.05) is 19.1 Å². The Balaban J connectivity index is 2.31. The van der Waals surface area contributed by atoms with E-state index in [4.69, 9.17) is 5.84 Å². The molecule has 126 valence electrons. The van der Waals surface area contributed by atoms with E-state index in [1.54, 1.807) is 4.31 Å². The van der Waals surface area contributed by atoms with Crippen LogP contribution in [0.25, 0.3) is 0 Å². The van der Waals surface area contributed by atoms with E-state index < -0.39 is 10.0 Å². The summed E-state index contributed by atoms with van der Waals surface area (Å²) < 4.78 is 24.9. The summed E-state index contributed by atoms with van der Waals surface area (Å²) in [6.07, 6.45) is 11.8. The molecule has 5 nitrogen and oxygen atoms in total. The second-order valence-electron chi connectivity index (χ2n) is 6.43. The maximum absolute atomic E-state index is 11.6. The zero-order valence-corrected chi connectivity index (χ0v) is 14.5. The first kappa shape index (κ1) is 18.9. The lowest BCUT2D eigenvalue weighted by atomic mass is 9.90. The summed E-state index contributed by atoms with van der Waals surface area (Å²) in [4.78, 5) is 0. The van der Waals surface area contributed by atoms with Gasteiger partial charge in [0.05, 0.1) is 6.26 Å². The molecule has 2 unspecified atom stereocenters. The summed E-state index contributed by atoms with van der Waals surface area (Å²) in [6, 6.07) is 0.316. The number of nitrogens with one attached hydrogen (secondary N) is 1. The molecular formula is C15H33N3O2S. The molecule has 0 aromatic rings. The number of nitrogens with two attached hydrogens (primary N) is 1. The second kappa shape index (κ2) is 9.77. The molecule has 0 amide bonds. The number of rotatable bonds is 10.